The van der Waals surface area contributed by atoms with Crippen LogP contribution in [-0.4, -0.2) is 5.75 Å². The van der Waals surface area contributed by atoms with E-state index < -0.39 is 0 Å². The highest BCUT2D eigenvalue weighted by molar-refractivity contribution is 7.80. The first kappa shape index (κ1) is 11.4. The molecule has 0 heterocycles. The van der Waals surface area contributed by atoms with Crippen molar-refractivity contribution in [3.63, 3.8) is 0 Å². The molecular weight excluding hydrogens is 152 g/mol. The van der Waals surface area contributed by atoms with E-state index >= 15 is 0 Å². The Bertz CT molecular complexity index is 81.4. The lowest BCUT2D eigenvalue weighted by molar-refractivity contribution is 0.358. The molecule has 0 unspecified atom stereocenters. The summed E-state index contributed by atoms with van der Waals surface area (Å²) in [6.45, 7) is 6.93. The number of rotatable bonds is 5. The molecule has 0 nitrogen and oxygen atoms in total. The minimum atomic E-state index is 0.529. The molecule has 0 saturated carbocycles. The van der Waals surface area contributed by atoms with Crippen molar-refractivity contribution in [3.8, 4) is 0 Å². The zero-order chi connectivity index (χ0) is 8.74. The van der Waals surface area contributed by atoms with Gasteiger partial charge in [0.05, 0.1) is 0 Å². The van der Waals surface area contributed by atoms with E-state index in [0.717, 1.165) is 5.75 Å². The third-order valence-corrected chi connectivity index (χ3v) is 2.15. The van der Waals surface area contributed by atoms with Crippen LogP contribution in [0.4, 0.5) is 0 Å². The minimum Gasteiger partial charge on any atom is -0.179 e. The summed E-state index contributed by atoms with van der Waals surface area (Å²) in [7, 11) is 0. The van der Waals surface area contributed by atoms with Crippen molar-refractivity contribution in [1.29, 1.82) is 0 Å². The summed E-state index contributed by atoms with van der Waals surface area (Å²) >= 11 is 4.18. The van der Waals surface area contributed by atoms with Crippen LogP contribution >= 0.6 is 12.6 Å². The molecule has 0 N–H and O–H groups in total. The van der Waals surface area contributed by atoms with Gasteiger partial charge in [0, 0.05) is 0 Å². The van der Waals surface area contributed by atoms with Gasteiger partial charge in [0.25, 0.3) is 0 Å². The zero-order valence-corrected chi connectivity index (χ0v) is 9.08. The maximum atomic E-state index is 4.18. The van der Waals surface area contributed by atoms with E-state index in [4.69, 9.17) is 0 Å². The second-order valence-electron chi connectivity index (χ2n) is 4.45. The monoisotopic (exact) mass is 174 g/mol. The Hall–Kier alpha value is 0.350. The summed E-state index contributed by atoms with van der Waals surface area (Å²) in [5, 5.41) is 0. The first-order valence-corrected chi connectivity index (χ1v) is 5.30. The number of hydrogen-bond donors (Lipinski definition) is 1. The largest absolute Gasteiger partial charge is 0.179 e. The quantitative estimate of drug-likeness (QED) is 0.474. The predicted octanol–water partition coefficient (Wildman–Crippen LogP) is 3.91. The Morgan fingerprint density at radius 2 is 1.45 bits per heavy atom. The molecule has 0 aliphatic carbocycles. The maximum Gasteiger partial charge on any atom is -0.00979 e. The predicted molar refractivity (Wildman–Crippen MR) is 56.4 cm³/mol. The molecule has 0 aliphatic rings. The second kappa shape index (κ2) is 5.93. The summed E-state index contributed by atoms with van der Waals surface area (Å²) in [4.78, 5) is 0. The fourth-order valence-corrected chi connectivity index (χ4v) is 1.34. The van der Waals surface area contributed by atoms with Crippen molar-refractivity contribution in [2.75, 3.05) is 5.75 Å². The van der Waals surface area contributed by atoms with Crippen LogP contribution in [0.15, 0.2) is 0 Å². The van der Waals surface area contributed by atoms with Crippen LogP contribution in [-0.2, 0) is 0 Å². The Kier molecular flexibility index (Phi) is 6.12. The summed E-state index contributed by atoms with van der Waals surface area (Å²) < 4.78 is 0. The molecular formula is C10H22S. The van der Waals surface area contributed by atoms with E-state index in [1.165, 1.54) is 32.1 Å². The normalized spacial score (nSPS) is 12.0. The molecule has 0 amide bonds. The Morgan fingerprint density at radius 1 is 0.909 bits per heavy atom. The van der Waals surface area contributed by atoms with Crippen molar-refractivity contribution in [2.45, 2.75) is 52.9 Å². The number of unbranched alkanes of at least 4 members (excludes halogenated alkanes) is 3. The van der Waals surface area contributed by atoms with Crippen LogP contribution in [0.5, 0.6) is 0 Å². The standard InChI is InChI=1S/C10H22S/c1-10(2,3)8-6-4-5-7-9-11/h11H,4-9H2,1-3H3. The summed E-state index contributed by atoms with van der Waals surface area (Å²) in [5.41, 5.74) is 0.529. The van der Waals surface area contributed by atoms with E-state index in [9.17, 15) is 0 Å². The van der Waals surface area contributed by atoms with Gasteiger partial charge in [0.2, 0.25) is 0 Å². The topological polar surface area (TPSA) is 0 Å². The maximum absolute atomic E-state index is 4.18. The molecule has 0 rings (SSSR count). The Labute approximate surface area is 77.2 Å². The average Bonchev–Trinajstić information content (AvgIpc) is 1.85. The fraction of sp³-hybridized carbons (Fsp3) is 1.00. The third kappa shape index (κ3) is 10.4. The lowest BCUT2D eigenvalue weighted by atomic mass is 9.89. The lowest BCUT2D eigenvalue weighted by Crippen LogP contribution is -2.03. The first-order chi connectivity index (χ1) is 5.06. The number of thiol groups is 1. The van der Waals surface area contributed by atoms with Crippen LogP contribution in [0.3, 0.4) is 0 Å². The van der Waals surface area contributed by atoms with Crippen LogP contribution in [0, 0.1) is 5.41 Å². The van der Waals surface area contributed by atoms with Crippen LogP contribution < -0.4 is 0 Å². The Morgan fingerprint density at radius 3 is 1.91 bits per heavy atom. The van der Waals surface area contributed by atoms with Gasteiger partial charge in [-0.2, -0.15) is 12.6 Å². The summed E-state index contributed by atoms with van der Waals surface area (Å²) in [6, 6.07) is 0. The molecule has 0 aromatic carbocycles. The van der Waals surface area contributed by atoms with Crippen LogP contribution in [0.25, 0.3) is 0 Å². The van der Waals surface area contributed by atoms with Gasteiger partial charge in [0.1, 0.15) is 0 Å². The van der Waals surface area contributed by atoms with Crippen molar-refractivity contribution in [3.05, 3.63) is 0 Å². The van der Waals surface area contributed by atoms with Crippen LogP contribution in [0.1, 0.15) is 52.9 Å². The molecule has 0 fully saturated rings. The van der Waals surface area contributed by atoms with E-state index in [1.807, 2.05) is 0 Å². The molecule has 1 heteroatoms. The molecule has 11 heavy (non-hydrogen) atoms. The molecule has 0 bridgehead atoms. The van der Waals surface area contributed by atoms with Crippen LogP contribution in [0.2, 0.25) is 0 Å². The minimum absolute atomic E-state index is 0.529. The van der Waals surface area contributed by atoms with Gasteiger partial charge < -0.3 is 0 Å². The van der Waals surface area contributed by atoms with Gasteiger partial charge in [-0.1, -0.05) is 40.0 Å². The van der Waals surface area contributed by atoms with E-state index in [-0.39, 0.29) is 0 Å². The fourth-order valence-electron chi connectivity index (χ4n) is 1.12. The molecule has 68 valence electrons. The van der Waals surface area contributed by atoms with E-state index in [1.54, 1.807) is 0 Å². The van der Waals surface area contributed by atoms with Gasteiger partial charge in [-0.05, 0) is 24.0 Å². The van der Waals surface area contributed by atoms with Crippen molar-refractivity contribution < 1.29 is 0 Å². The molecule has 0 aromatic rings. The molecule has 0 atom stereocenters. The Balaban J connectivity index is 3.02. The first-order valence-electron chi connectivity index (χ1n) is 4.67. The van der Waals surface area contributed by atoms with Crippen molar-refractivity contribution >= 4 is 12.6 Å². The van der Waals surface area contributed by atoms with Gasteiger partial charge in [-0.15, -0.1) is 0 Å². The van der Waals surface area contributed by atoms with E-state index in [2.05, 4.69) is 33.4 Å². The highest BCUT2D eigenvalue weighted by Crippen LogP contribution is 2.22. The second-order valence-corrected chi connectivity index (χ2v) is 4.90. The van der Waals surface area contributed by atoms with Gasteiger partial charge in [0.15, 0.2) is 0 Å². The third-order valence-electron chi connectivity index (χ3n) is 1.83. The van der Waals surface area contributed by atoms with Crippen molar-refractivity contribution in [1.82, 2.24) is 0 Å². The molecule has 0 spiro atoms. The SMILES string of the molecule is CC(C)(C)CCCCCCS. The lowest BCUT2D eigenvalue weighted by Gasteiger charge is -2.17. The zero-order valence-electron chi connectivity index (χ0n) is 8.19. The molecule has 0 aromatic heterocycles. The average molecular weight is 174 g/mol. The van der Waals surface area contributed by atoms with Crippen molar-refractivity contribution in [2.24, 2.45) is 5.41 Å². The van der Waals surface area contributed by atoms with Gasteiger partial charge in [-0.3, -0.25) is 0 Å². The summed E-state index contributed by atoms with van der Waals surface area (Å²) in [5.74, 6) is 1.05. The molecule has 0 radical (unpaired) electrons. The van der Waals surface area contributed by atoms with Gasteiger partial charge >= 0.3 is 0 Å². The summed E-state index contributed by atoms with van der Waals surface area (Å²) in [6.07, 6.45) is 6.78. The highest BCUT2D eigenvalue weighted by Gasteiger charge is 2.08. The molecule has 0 aliphatic heterocycles. The van der Waals surface area contributed by atoms with E-state index in [0.29, 0.717) is 5.41 Å². The highest BCUT2D eigenvalue weighted by atomic mass is 32.1. The smallest absolute Gasteiger partial charge is 0.00979 e. The van der Waals surface area contributed by atoms with Gasteiger partial charge in [-0.25, -0.2) is 0 Å². The number of hydrogen-bond acceptors (Lipinski definition) is 1. The molecule has 0 saturated heterocycles.